The van der Waals surface area contributed by atoms with E-state index < -0.39 is 0 Å². The molecule has 0 aliphatic carbocycles. The molecule has 2 heterocycles. The Morgan fingerprint density at radius 2 is 2.08 bits per heavy atom. The molecule has 7 nitrogen and oxygen atoms in total. The summed E-state index contributed by atoms with van der Waals surface area (Å²) in [6.07, 6.45) is 3.99. The van der Waals surface area contributed by atoms with Crippen molar-refractivity contribution in [1.29, 1.82) is 0 Å². The molecule has 2 aromatic rings. The lowest BCUT2D eigenvalue weighted by Gasteiger charge is -2.23. The van der Waals surface area contributed by atoms with Crippen molar-refractivity contribution in [2.45, 2.75) is 18.9 Å². The molecule has 1 saturated heterocycles. The van der Waals surface area contributed by atoms with E-state index in [1.165, 1.54) is 4.90 Å². The van der Waals surface area contributed by atoms with E-state index in [0.717, 1.165) is 25.9 Å². The van der Waals surface area contributed by atoms with Crippen LogP contribution in [0.3, 0.4) is 0 Å². The van der Waals surface area contributed by atoms with Crippen molar-refractivity contribution in [3.63, 3.8) is 0 Å². The summed E-state index contributed by atoms with van der Waals surface area (Å²) < 4.78 is 1.84. The molecule has 1 aliphatic rings. The molecule has 0 spiro atoms. The number of hydrogen-bond acceptors (Lipinski definition) is 4. The number of amides is 2. The van der Waals surface area contributed by atoms with Gasteiger partial charge in [0.2, 0.25) is 5.91 Å². The number of nitrogens with one attached hydrogen (secondary N) is 2. The number of carbonyl (C=O) groups excluding carboxylic acids is 2. The standard InChI is InChI=1S/C18H23N5O2.ClH/c1-22(13-17(24)20-14-6-3-2-4-7-14)18(25)16-9-11-23(21-16)15-8-5-10-19-12-15;/h2-4,6-7,9,11,15,19H,5,8,10,12-13H2,1H3,(H,20,24);1H. The summed E-state index contributed by atoms with van der Waals surface area (Å²) in [5, 5.41) is 10.5. The molecule has 0 bridgehead atoms. The Balaban J connectivity index is 0.00000243. The highest BCUT2D eigenvalue weighted by Crippen LogP contribution is 2.16. The molecular formula is C18H24ClN5O2. The second-order valence-corrected chi connectivity index (χ2v) is 6.26. The highest BCUT2D eigenvalue weighted by molar-refractivity contribution is 5.98. The molecule has 1 fully saturated rings. The third-order valence-corrected chi connectivity index (χ3v) is 4.26. The number of piperidine rings is 1. The lowest BCUT2D eigenvalue weighted by atomic mass is 10.1. The molecule has 1 aromatic carbocycles. The van der Waals surface area contributed by atoms with Gasteiger partial charge in [0.1, 0.15) is 5.69 Å². The largest absolute Gasteiger partial charge is 0.331 e. The first-order chi connectivity index (χ1) is 12.1. The van der Waals surface area contributed by atoms with Crippen LogP contribution in [0.15, 0.2) is 42.6 Å². The van der Waals surface area contributed by atoms with Crippen LogP contribution in [0.4, 0.5) is 5.69 Å². The van der Waals surface area contributed by atoms with Crippen molar-refractivity contribution in [3.05, 3.63) is 48.3 Å². The van der Waals surface area contributed by atoms with Crippen LogP contribution in [-0.2, 0) is 4.79 Å². The number of nitrogens with zero attached hydrogens (tertiary/aromatic N) is 3. The van der Waals surface area contributed by atoms with Gasteiger partial charge in [-0.05, 0) is 37.6 Å². The van der Waals surface area contributed by atoms with Gasteiger partial charge in [0, 0.05) is 25.5 Å². The zero-order valence-corrected chi connectivity index (χ0v) is 15.5. The number of rotatable bonds is 5. The second-order valence-electron chi connectivity index (χ2n) is 6.26. The molecule has 2 amide bonds. The van der Waals surface area contributed by atoms with E-state index >= 15 is 0 Å². The third kappa shape index (κ3) is 5.06. The summed E-state index contributed by atoms with van der Waals surface area (Å²) in [6.45, 7) is 1.87. The predicted octanol–water partition coefficient (Wildman–Crippen LogP) is 1.94. The molecule has 26 heavy (non-hydrogen) atoms. The number of hydrogen-bond donors (Lipinski definition) is 2. The van der Waals surface area contributed by atoms with Gasteiger partial charge in [0.05, 0.1) is 12.6 Å². The average Bonchev–Trinajstić information content (AvgIpc) is 3.12. The Morgan fingerprint density at radius 3 is 2.77 bits per heavy atom. The summed E-state index contributed by atoms with van der Waals surface area (Å²) in [5.41, 5.74) is 1.07. The van der Waals surface area contributed by atoms with Crippen LogP contribution in [0.5, 0.6) is 0 Å². The van der Waals surface area contributed by atoms with Crippen LogP contribution in [0.25, 0.3) is 0 Å². The minimum absolute atomic E-state index is 0. The zero-order chi connectivity index (χ0) is 17.6. The third-order valence-electron chi connectivity index (χ3n) is 4.26. The molecule has 3 rings (SSSR count). The van der Waals surface area contributed by atoms with Crippen molar-refractivity contribution in [2.75, 3.05) is 32.0 Å². The summed E-state index contributed by atoms with van der Waals surface area (Å²) in [6, 6.07) is 11.2. The quantitative estimate of drug-likeness (QED) is 0.834. The first-order valence-electron chi connectivity index (χ1n) is 8.50. The highest BCUT2D eigenvalue weighted by Gasteiger charge is 2.20. The summed E-state index contributed by atoms with van der Waals surface area (Å²) in [7, 11) is 1.61. The number of benzene rings is 1. The Kier molecular flexibility index (Phi) is 7.17. The lowest BCUT2D eigenvalue weighted by Crippen LogP contribution is -2.35. The van der Waals surface area contributed by atoms with Crippen molar-refractivity contribution in [3.8, 4) is 0 Å². The van der Waals surface area contributed by atoms with Gasteiger partial charge in [-0.2, -0.15) is 5.10 Å². The topological polar surface area (TPSA) is 79.3 Å². The predicted molar refractivity (Wildman–Crippen MR) is 103 cm³/mol. The highest BCUT2D eigenvalue weighted by atomic mass is 35.5. The maximum atomic E-state index is 12.5. The van der Waals surface area contributed by atoms with E-state index in [2.05, 4.69) is 15.7 Å². The number of halogens is 1. The van der Waals surface area contributed by atoms with Crippen LogP contribution in [0.2, 0.25) is 0 Å². The van der Waals surface area contributed by atoms with Crippen LogP contribution in [0.1, 0.15) is 29.4 Å². The van der Waals surface area contributed by atoms with Crippen molar-refractivity contribution in [2.24, 2.45) is 0 Å². The molecule has 1 atom stereocenters. The van der Waals surface area contributed by atoms with E-state index in [-0.39, 0.29) is 36.8 Å². The Morgan fingerprint density at radius 1 is 1.31 bits per heavy atom. The van der Waals surface area contributed by atoms with Crippen molar-refractivity contribution < 1.29 is 9.59 Å². The Hall–Kier alpha value is -2.38. The fourth-order valence-electron chi connectivity index (χ4n) is 2.92. The van der Waals surface area contributed by atoms with Crippen molar-refractivity contribution >= 4 is 29.9 Å². The minimum Gasteiger partial charge on any atom is -0.331 e. The van der Waals surface area contributed by atoms with Gasteiger partial charge < -0.3 is 15.5 Å². The smallest absolute Gasteiger partial charge is 0.274 e. The number of aromatic nitrogens is 2. The maximum Gasteiger partial charge on any atom is 0.274 e. The second kappa shape index (κ2) is 9.35. The van der Waals surface area contributed by atoms with E-state index in [1.54, 1.807) is 25.2 Å². The van der Waals surface area contributed by atoms with E-state index in [4.69, 9.17) is 0 Å². The number of likely N-dealkylation sites (N-methyl/N-ethyl adjacent to an activating group) is 1. The van der Waals surface area contributed by atoms with Gasteiger partial charge in [-0.15, -0.1) is 12.4 Å². The molecule has 1 aromatic heterocycles. The van der Waals surface area contributed by atoms with E-state index in [0.29, 0.717) is 11.4 Å². The number of carbonyl (C=O) groups is 2. The normalized spacial score (nSPS) is 16.4. The Labute approximate surface area is 159 Å². The van der Waals surface area contributed by atoms with E-state index in [1.807, 2.05) is 29.1 Å². The molecule has 0 radical (unpaired) electrons. The van der Waals surface area contributed by atoms with Crippen molar-refractivity contribution in [1.82, 2.24) is 20.0 Å². The maximum absolute atomic E-state index is 12.5. The van der Waals surface area contributed by atoms with Crippen LogP contribution in [0, 0.1) is 0 Å². The Bertz CT molecular complexity index is 728. The van der Waals surface area contributed by atoms with Gasteiger partial charge in [-0.1, -0.05) is 18.2 Å². The average molecular weight is 378 g/mol. The number of para-hydroxylation sites is 1. The van der Waals surface area contributed by atoms with E-state index in [9.17, 15) is 9.59 Å². The monoisotopic (exact) mass is 377 g/mol. The molecule has 2 N–H and O–H groups in total. The summed E-state index contributed by atoms with van der Waals surface area (Å²) in [5.74, 6) is -0.497. The van der Waals surface area contributed by atoms with Gasteiger partial charge in [-0.25, -0.2) is 0 Å². The summed E-state index contributed by atoms with van der Waals surface area (Å²) >= 11 is 0. The fraction of sp³-hybridized carbons (Fsp3) is 0.389. The van der Waals surface area contributed by atoms with Crippen LogP contribution < -0.4 is 10.6 Å². The first kappa shape index (κ1) is 19.9. The van der Waals surface area contributed by atoms with Gasteiger partial charge in [-0.3, -0.25) is 14.3 Å². The first-order valence-corrected chi connectivity index (χ1v) is 8.50. The molecule has 1 unspecified atom stereocenters. The summed E-state index contributed by atoms with van der Waals surface area (Å²) in [4.78, 5) is 25.9. The van der Waals surface area contributed by atoms with Crippen LogP contribution in [-0.4, -0.2) is 53.2 Å². The van der Waals surface area contributed by atoms with Gasteiger partial charge in [0.15, 0.2) is 0 Å². The zero-order valence-electron chi connectivity index (χ0n) is 14.7. The molecular weight excluding hydrogens is 354 g/mol. The number of anilines is 1. The lowest BCUT2D eigenvalue weighted by molar-refractivity contribution is -0.116. The van der Waals surface area contributed by atoms with Gasteiger partial charge in [0.25, 0.3) is 5.91 Å². The molecule has 0 saturated carbocycles. The SMILES string of the molecule is CN(CC(=O)Nc1ccccc1)C(=O)c1ccn(C2CCCNC2)n1.Cl. The van der Waals surface area contributed by atoms with Crippen LogP contribution >= 0.6 is 12.4 Å². The molecule has 8 heteroatoms. The minimum atomic E-state index is -0.259. The van der Waals surface area contributed by atoms with Gasteiger partial charge >= 0.3 is 0 Å². The molecule has 140 valence electrons. The molecule has 1 aliphatic heterocycles. The fourth-order valence-corrected chi connectivity index (χ4v) is 2.92.